The largest absolute Gasteiger partial charge is 0.352 e. The van der Waals surface area contributed by atoms with Gasteiger partial charge in [0.2, 0.25) is 0 Å². The zero-order chi connectivity index (χ0) is 21.5. The molecule has 2 aromatic carbocycles. The van der Waals surface area contributed by atoms with Gasteiger partial charge in [0.05, 0.1) is 16.1 Å². The summed E-state index contributed by atoms with van der Waals surface area (Å²) in [5, 5.41) is 7.48. The van der Waals surface area contributed by atoms with Crippen molar-refractivity contribution in [2.45, 2.75) is 13.3 Å². The molecule has 0 spiro atoms. The van der Waals surface area contributed by atoms with Crippen LogP contribution in [-0.2, 0) is 0 Å². The Morgan fingerprint density at radius 2 is 1.77 bits per heavy atom. The summed E-state index contributed by atoms with van der Waals surface area (Å²) in [6, 6.07) is 17.3. The third kappa shape index (κ3) is 4.93. The molecular weight excluding hydrogens is 398 g/mol. The van der Waals surface area contributed by atoms with Gasteiger partial charge in [0.1, 0.15) is 0 Å². The summed E-state index contributed by atoms with van der Waals surface area (Å²) in [6.07, 6.45) is 0.844. The maximum absolute atomic E-state index is 13.0. The van der Waals surface area contributed by atoms with Crippen LogP contribution in [0.2, 0.25) is 0 Å². The molecule has 1 aromatic heterocycles. The Kier molecular flexibility index (Phi) is 6.98. The molecule has 30 heavy (non-hydrogen) atoms. The van der Waals surface area contributed by atoms with Gasteiger partial charge in [0.25, 0.3) is 17.7 Å². The molecule has 0 saturated heterocycles. The molecule has 154 valence electrons. The molecule has 0 aliphatic heterocycles. The number of para-hydroxylation sites is 1. The molecule has 1 heterocycles. The second-order valence-electron chi connectivity index (χ2n) is 6.65. The van der Waals surface area contributed by atoms with E-state index in [1.165, 1.54) is 16.2 Å². The highest BCUT2D eigenvalue weighted by Crippen LogP contribution is 2.24. The van der Waals surface area contributed by atoms with Gasteiger partial charge < -0.3 is 15.5 Å². The zero-order valence-corrected chi connectivity index (χ0v) is 17.7. The number of nitrogens with one attached hydrogen (secondary N) is 2. The molecule has 0 bridgehead atoms. The van der Waals surface area contributed by atoms with E-state index >= 15 is 0 Å². The number of benzene rings is 2. The number of thiophene rings is 1. The molecular formula is C23H23N3O3S. The number of nitrogens with zero attached hydrogens (tertiary/aromatic N) is 1. The van der Waals surface area contributed by atoms with Crippen molar-refractivity contribution in [3.05, 3.63) is 82.0 Å². The smallest absolute Gasteiger partial charge is 0.268 e. The summed E-state index contributed by atoms with van der Waals surface area (Å²) in [5.41, 5.74) is 1.85. The van der Waals surface area contributed by atoms with Crippen molar-refractivity contribution >= 4 is 40.4 Å². The summed E-state index contributed by atoms with van der Waals surface area (Å²) >= 11 is 1.35. The molecule has 0 radical (unpaired) electrons. The monoisotopic (exact) mass is 421 g/mol. The summed E-state index contributed by atoms with van der Waals surface area (Å²) in [7, 11) is 1.65. The van der Waals surface area contributed by atoms with Gasteiger partial charge in [-0.15, -0.1) is 11.3 Å². The van der Waals surface area contributed by atoms with Gasteiger partial charge in [-0.1, -0.05) is 31.2 Å². The first kappa shape index (κ1) is 21.3. The van der Waals surface area contributed by atoms with Crippen LogP contribution in [0.1, 0.15) is 43.7 Å². The number of carbonyl (C=O) groups is 3. The summed E-state index contributed by atoms with van der Waals surface area (Å²) in [6.45, 7) is 2.57. The van der Waals surface area contributed by atoms with E-state index in [0.29, 0.717) is 33.9 Å². The van der Waals surface area contributed by atoms with Crippen molar-refractivity contribution in [2.24, 2.45) is 0 Å². The Balaban J connectivity index is 1.80. The standard InChI is InChI=1S/C23H23N3O3S/c1-3-13-24-21(27)16-8-6-9-17(15-16)25-22(28)18-10-4-5-11-19(18)26(2)23(29)20-12-7-14-30-20/h4-12,14-15H,3,13H2,1-2H3,(H,24,27)(H,25,28). The summed E-state index contributed by atoms with van der Waals surface area (Å²) in [4.78, 5) is 39.9. The van der Waals surface area contributed by atoms with E-state index in [4.69, 9.17) is 0 Å². The van der Waals surface area contributed by atoms with E-state index in [2.05, 4.69) is 10.6 Å². The fourth-order valence-electron chi connectivity index (χ4n) is 2.91. The van der Waals surface area contributed by atoms with Gasteiger partial charge in [0, 0.05) is 24.8 Å². The molecule has 3 rings (SSSR count). The fourth-order valence-corrected chi connectivity index (χ4v) is 3.61. The topological polar surface area (TPSA) is 78.5 Å². The minimum Gasteiger partial charge on any atom is -0.352 e. The average molecular weight is 422 g/mol. The van der Waals surface area contributed by atoms with Crippen LogP contribution in [0.4, 0.5) is 11.4 Å². The van der Waals surface area contributed by atoms with Crippen molar-refractivity contribution in [1.82, 2.24) is 5.32 Å². The molecule has 3 aromatic rings. The number of anilines is 2. The van der Waals surface area contributed by atoms with Crippen molar-refractivity contribution in [3.8, 4) is 0 Å². The normalized spacial score (nSPS) is 10.3. The van der Waals surface area contributed by atoms with E-state index in [0.717, 1.165) is 6.42 Å². The predicted octanol–water partition coefficient (Wildman–Crippen LogP) is 4.42. The zero-order valence-electron chi connectivity index (χ0n) is 16.8. The average Bonchev–Trinajstić information content (AvgIpc) is 3.31. The lowest BCUT2D eigenvalue weighted by molar-refractivity contribution is 0.0950. The summed E-state index contributed by atoms with van der Waals surface area (Å²) < 4.78 is 0. The fraction of sp³-hybridized carbons (Fsp3) is 0.174. The highest BCUT2D eigenvalue weighted by atomic mass is 32.1. The van der Waals surface area contributed by atoms with E-state index < -0.39 is 0 Å². The molecule has 3 amide bonds. The molecule has 2 N–H and O–H groups in total. The number of amides is 3. The van der Waals surface area contributed by atoms with Crippen LogP contribution >= 0.6 is 11.3 Å². The van der Waals surface area contributed by atoms with Crippen LogP contribution in [0.3, 0.4) is 0 Å². The van der Waals surface area contributed by atoms with Crippen molar-refractivity contribution in [3.63, 3.8) is 0 Å². The van der Waals surface area contributed by atoms with Crippen molar-refractivity contribution in [2.75, 3.05) is 23.8 Å². The molecule has 0 unspecified atom stereocenters. The van der Waals surface area contributed by atoms with E-state index in [1.807, 2.05) is 18.4 Å². The first-order valence-corrected chi connectivity index (χ1v) is 10.5. The highest BCUT2D eigenvalue weighted by molar-refractivity contribution is 7.12. The van der Waals surface area contributed by atoms with Gasteiger partial charge >= 0.3 is 0 Å². The van der Waals surface area contributed by atoms with Crippen LogP contribution < -0.4 is 15.5 Å². The van der Waals surface area contributed by atoms with Crippen molar-refractivity contribution < 1.29 is 14.4 Å². The van der Waals surface area contributed by atoms with E-state index in [9.17, 15) is 14.4 Å². The molecule has 0 fully saturated rings. The first-order chi connectivity index (χ1) is 14.5. The summed E-state index contributed by atoms with van der Waals surface area (Å²) in [5.74, 6) is -0.725. The van der Waals surface area contributed by atoms with Crippen LogP contribution in [0, 0.1) is 0 Å². The predicted molar refractivity (Wildman–Crippen MR) is 121 cm³/mol. The number of carbonyl (C=O) groups excluding carboxylic acids is 3. The Hall–Kier alpha value is -3.45. The minimum absolute atomic E-state index is 0.181. The SMILES string of the molecule is CCCNC(=O)c1cccc(NC(=O)c2ccccc2N(C)C(=O)c2cccs2)c1. The van der Waals surface area contributed by atoms with Gasteiger partial charge in [-0.3, -0.25) is 14.4 Å². The lowest BCUT2D eigenvalue weighted by atomic mass is 10.1. The highest BCUT2D eigenvalue weighted by Gasteiger charge is 2.20. The number of hydrogen-bond donors (Lipinski definition) is 2. The number of rotatable bonds is 7. The second kappa shape index (κ2) is 9.84. The third-order valence-corrected chi connectivity index (χ3v) is 5.32. The maximum Gasteiger partial charge on any atom is 0.268 e. The Morgan fingerprint density at radius 3 is 2.50 bits per heavy atom. The van der Waals surface area contributed by atoms with Crippen LogP contribution in [0.25, 0.3) is 0 Å². The third-order valence-electron chi connectivity index (χ3n) is 4.46. The van der Waals surface area contributed by atoms with E-state index in [1.54, 1.807) is 61.6 Å². The molecule has 7 heteroatoms. The van der Waals surface area contributed by atoms with Gasteiger partial charge in [-0.05, 0) is 48.2 Å². The maximum atomic E-state index is 13.0. The molecule has 0 aliphatic rings. The van der Waals surface area contributed by atoms with Crippen LogP contribution in [-0.4, -0.2) is 31.3 Å². The van der Waals surface area contributed by atoms with Crippen molar-refractivity contribution in [1.29, 1.82) is 0 Å². The Morgan fingerprint density at radius 1 is 0.967 bits per heavy atom. The molecule has 6 nitrogen and oxygen atoms in total. The molecule has 0 aliphatic carbocycles. The minimum atomic E-state index is -0.359. The van der Waals surface area contributed by atoms with Crippen LogP contribution in [0.5, 0.6) is 0 Å². The first-order valence-electron chi connectivity index (χ1n) is 9.61. The lowest BCUT2D eigenvalue weighted by Gasteiger charge is -2.20. The van der Waals surface area contributed by atoms with Gasteiger partial charge in [-0.25, -0.2) is 0 Å². The molecule has 0 saturated carbocycles. The molecule has 0 atom stereocenters. The lowest BCUT2D eigenvalue weighted by Crippen LogP contribution is -2.28. The van der Waals surface area contributed by atoms with Gasteiger partial charge in [0.15, 0.2) is 0 Å². The van der Waals surface area contributed by atoms with Gasteiger partial charge in [-0.2, -0.15) is 0 Å². The Labute approximate surface area is 179 Å². The van der Waals surface area contributed by atoms with Crippen LogP contribution in [0.15, 0.2) is 66.0 Å². The quantitative estimate of drug-likeness (QED) is 0.593. The second-order valence-corrected chi connectivity index (χ2v) is 7.60. The Bertz CT molecular complexity index is 1050. The number of hydrogen-bond acceptors (Lipinski definition) is 4. The van der Waals surface area contributed by atoms with E-state index in [-0.39, 0.29) is 17.7 Å².